The van der Waals surface area contributed by atoms with Crippen LogP contribution in [0, 0.1) is 0 Å². The average Bonchev–Trinajstić information content (AvgIpc) is 2.73. The normalized spacial score (nSPS) is 18.9. The van der Waals surface area contributed by atoms with Gasteiger partial charge in [0, 0.05) is 19.6 Å². The molecule has 1 aromatic carbocycles. The smallest absolute Gasteiger partial charge is 0.325 e. The van der Waals surface area contributed by atoms with Crippen LogP contribution in [0.5, 0.6) is 11.5 Å². The van der Waals surface area contributed by atoms with Crippen molar-refractivity contribution in [3.05, 3.63) is 23.8 Å². The zero-order valence-corrected chi connectivity index (χ0v) is 14.3. The molecular weight excluding hydrogens is 310 g/mol. The number of carbonyl (C=O) groups excluding carboxylic acids is 2. The third-order valence-electron chi connectivity index (χ3n) is 4.21. The van der Waals surface area contributed by atoms with Gasteiger partial charge < -0.3 is 19.7 Å². The summed E-state index contributed by atoms with van der Waals surface area (Å²) in [5.74, 6) is 1.36. The molecule has 2 heterocycles. The summed E-state index contributed by atoms with van der Waals surface area (Å²) < 4.78 is 11.1. The second kappa shape index (κ2) is 6.32. The van der Waals surface area contributed by atoms with Crippen molar-refractivity contribution in [3.8, 4) is 11.5 Å². The van der Waals surface area contributed by atoms with Gasteiger partial charge in [-0.2, -0.15) is 0 Å². The number of hydrogen-bond acceptors (Lipinski definition) is 5. The maximum absolute atomic E-state index is 12.2. The fourth-order valence-corrected chi connectivity index (χ4v) is 2.87. The van der Waals surface area contributed by atoms with Gasteiger partial charge in [-0.15, -0.1) is 0 Å². The molecule has 0 bridgehead atoms. The van der Waals surface area contributed by atoms with Crippen LogP contribution in [0.4, 0.5) is 4.79 Å². The molecule has 0 aliphatic carbocycles. The quantitative estimate of drug-likeness (QED) is 0.821. The number of rotatable bonds is 5. The highest BCUT2D eigenvalue weighted by Gasteiger charge is 2.43. The highest BCUT2D eigenvalue weighted by atomic mass is 16.6. The molecule has 0 aromatic heterocycles. The summed E-state index contributed by atoms with van der Waals surface area (Å²) in [4.78, 5) is 27.4. The van der Waals surface area contributed by atoms with E-state index in [1.807, 2.05) is 25.2 Å². The number of amides is 3. The zero-order chi connectivity index (χ0) is 17.3. The van der Waals surface area contributed by atoms with E-state index in [2.05, 4.69) is 10.2 Å². The third kappa shape index (κ3) is 3.31. The molecule has 3 amide bonds. The van der Waals surface area contributed by atoms with Crippen molar-refractivity contribution < 1.29 is 19.1 Å². The van der Waals surface area contributed by atoms with E-state index in [4.69, 9.17) is 9.47 Å². The van der Waals surface area contributed by atoms with E-state index in [0.29, 0.717) is 32.8 Å². The van der Waals surface area contributed by atoms with Crippen LogP contribution in [0.15, 0.2) is 18.2 Å². The Morgan fingerprint density at radius 2 is 1.92 bits per heavy atom. The molecule has 0 spiro atoms. The van der Waals surface area contributed by atoms with Gasteiger partial charge in [-0.3, -0.25) is 9.69 Å². The first-order valence-corrected chi connectivity index (χ1v) is 8.08. The maximum atomic E-state index is 12.2. The molecule has 7 nitrogen and oxygen atoms in total. The Labute approximate surface area is 141 Å². The summed E-state index contributed by atoms with van der Waals surface area (Å²) in [5, 5.41) is 2.69. The summed E-state index contributed by atoms with van der Waals surface area (Å²) in [6.45, 7) is 6.24. The average molecular weight is 333 g/mol. The van der Waals surface area contributed by atoms with Crippen molar-refractivity contribution in [2.75, 3.05) is 33.4 Å². The van der Waals surface area contributed by atoms with E-state index in [-0.39, 0.29) is 11.9 Å². The third-order valence-corrected chi connectivity index (χ3v) is 4.21. The molecule has 0 saturated carbocycles. The lowest BCUT2D eigenvalue weighted by Crippen LogP contribution is -2.41. The predicted octanol–water partition coefficient (Wildman–Crippen LogP) is 1.22. The second-order valence-corrected chi connectivity index (χ2v) is 6.73. The van der Waals surface area contributed by atoms with Gasteiger partial charge in [0.1, 0.15) is 18.8 Å². The van der Waals surface area contributed by atoms with E-state index >= 15 is 0 Å². The molecule has 3 rings (SSSR count). The Bertz CT molecular complexity index is 659. The first kappa shape index (κ1) is 16.6. The lowest BCUT2D eigenvalue weighted by molar-refractivity contribution is -0.130. The van der Waals surface area contributed by atoms with Crippen LogP contribution in [0.25, 0.3) is 0 Å². The van der Waals surface area contributed by atoms with Gasteiger partial charge in [-0.25, -0.2) is 4.79 Å². The number of ether oxygens (including phenoxy) is 2. The van der Waals surface area contributed by atoms with E-state index < -0.39 is 5.54 Å². The number of benzene rings is 1. The minimum absolute atomic E-state index is 0.180. The van der Waals surface area contributed by atoms with Crippen LogP contribution in [0.3, 0.4) is 0 Å². The minimum Gasteiger partial charge on any atom is -0.486 e. The van der Waals surface area contributed by atoms with Crippen LogP contribution in [-0.2, 0) is 11.3 Å². The highest BCUT2D eigenvalue weighted by Crippen LogP contribution is 2.31. The Hall–Kier alpha value is -2.28. The summed E-state index contributed by atoms with van der Waals surface area (Å²) in [6.07, 6.45) is 0. The monoisotopic (exact) mass is 333 g/mol. The molecule has 1 aromatic rings. The largest absolute Gasteiger partial charge is 0.486 e. The van der Waals surface area contributed by atoms with Crippen molar-refractivity contribution in [1.82, 2.24) is 15.1 Å². The molecule has 2 aliphatic rings. The van der Waals surface area contributed by atoms with Gasteiger partial charge in [0.25, 0.3) is 5.91 Å². The van der Waals surface area contributed by atoms with Crippen molar-refractivity contribution >= 4 is 11.9 Å². The number of urea groups is 1. The molecule has 0 radical (unpaired) electrons. The standard InChI is InChI=1S/C17H23N3O4/c1-17(2)15(21)20(16(22)18-17)7-6-19(3)11-12-4-5-13-14(10-12)24-9-8-23-13/h4-5,10H,6-9,11H2,1-3H3,(H,18,22). The summed E-state index contributed by atoms with van der Waals surface area (Å²) >= 11 is 0. The number of nitrogens with zero attached hydrogens (tertiary/aromatic N) is 2. The lowest BCUT2D eigenvalue weighted by Gasteiger charge is -2.22. The fraction of sp³-hybridized carbons (Fsp3) is 0.529. The molecule has 1 N–H and O–H groups in total. The molecule has 7 heteroatoms. The summed E-state index contributed by atoms with van der Waals surface area (Å²) in [5.41, 5.74) is 0.283. The Balaban J connectivity index is 1.55. The molecular formula is C17H23N3O4. The van der Waals surface area contributed by atoms with Gasteiger partial charge >= 0.3 is 6.03 Å². The highest BCUT2D eigenvalue weighted by molar-refractivity contribution is 6.06. The molecule has 1 fully saturated rings. The van der Waals surface area contributed by atoms with Gasteiger partial charge in [0.15, 0.2) is 11.5 Å². The number of likely N-dealkylation sites (N-methyl/N-ethyl adjacent to an activating group) is 1. The van der Waals surface area contributed by atoms with Crippen molar-refractivity contribution in [2.45, 2.75) is 25.9 Å². The van der Waals surface area contributed by atoms with E-state index in [1.54, 1.807) is 13.8 Å². The van der Waals surface area contributed by atoms with Crippen molar-refractivity contribution in [2.24, 2.45) is 0 Å². The van der Waals surface area contributed by atoms with Gasteiger partial charge in [-0.05, 0) is 38.6 Å². The first-order chi connectivity index (χ1) is 11.4. The van der Waals surface area contributed by atoms with Crippen LogP contribution in [0.2, 0.25) is 0 Å². The molecule has 2 aliphatic heterocycles. The topological polar surface area (TPSA) is 71.1 Å². The van der Waals surface area contributed by atoms with Crippen molar-refractivity contribution in [1.29, 1.82) is 0 Å². The second-order valence-electron chi connectivity index (χ2n) is 6.73. The molecule has 1 saturated heterocycles. The number of fused-ring (bicyclic) bond motifs is 1. The minimum atomic E-state index is -0.814. The van der Waals surface area contributed by atoms with E-state index in [0.717, 1.165) is 17.1 Å². The van der Waals surface area contributed by atoms with E-state index in [1.165, 1.54) is 4.90 Å². The van der Waals surface area contributed by atoms with Gasteiger partial charge in [0.2, 0.25) is 0 Å². The Kier molecular flexibility index (Phi) is 4.36. The van der Waals surface area contributed by atoms with Crippen molar-refractivity contribution in [3.63, 3.8) is 0 Å². The number of carbonyl (C=O) groups is 2. The van der Waals surface area contributed by atoms with Crippen LogP contribution in [0.1, 0.15) is 19.4 Å². The lowest BCUT2D eigenvalue weighted by atomic mass is 10.1. The zero-order valence-electron chi connectivity index (χ0n) is 14.3. The first-order valence-electron chi connectivity index (χ1n) is 8.08. The van der Waals surface area contributed by atoms with Gasteiger partial charge in [-0.1, -0.05) is 6.07 Å². The summed E-state index contributed by atoms with van der Waals surface area (Å²) in [7, 11) is 1.96. The van der Waals surface area contributed by atoms with Crippen LogP contribution in [-0.4, -0.2) is 60.6 Å². The SMILES string of the molecule is CN(CCN1C(=O)NC(C)(C)C1=O)Cc1ccc2c(c1)OCCO2. The maximum Gasteiger partial charge on any atom is 0.325 e. The van der Waals surface area contributed by atoms with Crippen LogP contribution >= 0.6 is 0 Å². The molecule has 24 heavy (non-hydrogen) atoms. The number of nitrogens with one attached hydrogen (secondary N) is 1. The molecule has 130 valence electrons. The van der Waals surface area contributed by atoms with E-state index in [9.17, 15) is 9.59 Å². The summed E-state index contributed by atoms with van der Waals surface area (Å²) in [6, 6.07) is 5.57. The van der Waals surface area contributed by atoms with Crippen LogP contribution < -0.4 is 14.8 Å². The molecule has 0 atom stereocenters. The Morgan fingerprint density at radius 3 is 2.58 bits per heavy atom. The van der Waals surface area contributed by atoms with Gasteiger partial charge in [0.05, 0.1) is 0 Å². The Morgan fingerprint density at radius 1 is 1.21 bits per heavy atom. The number of hydrogen-bond donors (Lipinski definition) is 1. The fourth-order valence-electron chi connectivity index (χ4n) is 2.87. The number of imide groups is 1. The predicted molar refractivity (Wildman–Crippen MR) is 88.1 cm³/mol. The molecule has 0 unspecified atom stereocenters.